The second-order valence-electron chi connectivity index (χ2n) is 5.93. The Bertz CT molecular complexity index is 782. The van der Waals surface area contributed by atoms with Gasteiger partial charge in [0.15, 0.2) is 0 Å². The van der Waals surface area contributed by atoms with Gasteiger partial charge in [0.25, 0.3) is 10.0 Å². The SMILES string of the molecule is COCOC(CCCO)c1ccccc1NS(=O)(=O)c1ccc(C)cc1. The maximum absolute atomic E-state index is 12.7. The molecule has 26 heavy (non-hydrogen) atoms. The summed E-state index contributed by atoms with van der Waals surface area (Å²) in [5.74, 6) is 0. The van der Waals surface area contributed by atoms with E-state index in [2.05, 4.69) is 4.72 Å². The molecule has 1 unspecified atom stereocenters. The number of ether oxygens (including phenoxy) is 2. The average Bonchev–Trinajstić information content (AvgIpc) is 2.63. The van der Waals surface area contributed by atoms with Crippen molar-refractivity contribution >= 4 is 15.7 Å². The Morgan fingerprint density at radius 2 is 1.81 bits per heavy atom. The number of methoxy groups -OCH3 is 1. The summed E-state index contributed by atoms with van der Waals surface area (Å²) in [6.07, 6.45) is 0.690. The lowest BCUT2D eigenvalue weighted by Gasteiger charge is -2.21. The molecule has 1 atom stereocenters. The van der Waals surface area contributed by atoms with E-state index in [9.17, 15) is 8.42 Å². The minimum Gasteiger partial charge on any atom is -0.396 e. The summed E-state index contributed by atoms with van der Waals surface area (Å²) < 4.78 is 38.7. The van der Waals surface area contributed by atoms with E-state index < -0.39 is 10.0 Å². The van der Waals surface area contributed by atoms with Gasteiger partial charge in [-0.05, 0) is 38.0 Å². The maximum Gasteiger partial charge on any atom is 0.261 e. The lowest BCUT2D eigenvalue weighted by Crippen LogP contribution is -2.16. The molecule has 0 aliphatic rings. The number of benzene rings is 2. The van der Waals surface area contributed by atoms with Crippen molar-refractivity contribution in [1.29, 1.82) is 0 Å². The molecule has 0 saturated heterocycles. The Labute approximate surface area is 154 Å². The topological polar surface area (TPSA) is 84.9 Å². The highest BCUT2D eigenvalue weighted by Crippen LogP contribution is 2.30. The van der Waals surface area contributed by atoms with Crippen molar-refractivity contribution in [2.24, 2.45) is 0 Å². The van der Waals surface area contributed by atoms with Crippen LogP contribution in [0, 0.1) is 6.92 Å². The minimum absolute atomic E-state index is 0.0318. The molecule has 142 valence electrons. The van der Waals surface area contributed by atoms with Crippen molar-refractivity contribution in [1.82, 2.24) is 0 Å². The summed E-state index contributed by atoms with van der Waals surface area (Å²) >= 11 is 0. The van der Waals surface area contributed by atoms with Crippen LogP contribution in [-0.2, 0) is 19.5 Å². The Morgan fingerprint density at radius 1 is 1.12 bits per heavy atom. The Balaban J connectivity index is 2.30. The van der Waals surface area contributed by atoms with E-state index in [1.165, 1.54) is 7.11 Å². The first-order valence-electron chi connectivity index (χ1n) is 8.37. The molecule has 0 spiro atoms. The normalized spacial score (nSPS) is 12.7. The molecule has 0 amide bonds. The number of aliphatic hydroxyl groups is 1. The Kier molecular flexibility index (Phi) is 7.59. The highest BCUT2D eigenvalue weighted by Gasteiger charge is 2.20. The molecule has 0 fully saturated rings. The van der Waals surface area contributed by atoms with Gasteiger partial charge in [0.2, 0.25) is 0 Å². The van der Waals surface area contributed by atoms with E-state index in [0.717, 1.165) is 5.56 Å². The number of sulfonamides is 1. The van der Waals surface area contributed by atoms with Gasteiger partial charge in [-0.1, -0.05) is 35.9 Å². The molecular formula is C19H25NO5S. The van der Waals surface area contributed by atoms with Gasteiger partial charge in [0.1, 0.15) is 6.79 Å². The quantitative estimate of drug-likeness (QED) is 0.619. The van der Waals surface area contributed by atoms with E-state index in [1.54, 1.807) is 36.4 Å². The Hall–Kier alpha value is -1.93. The molecule has 2 rings (SSSR count). The first-order valence-corrected chi connectivity index (χ1v) is 9.86. The first kappa shape index (κ1) is 20.4. The van der Waals surface area contributed by atoms with Crippen LogP contribution in [0.15, 0.2) is 53.4 Å². The molecular weight excluding hydrogens is 354 g/mol. The van der Waals surface area contributed by atoms with E-state index in [1.807, 2.05) is 19.1 Å². The van der Waals surface area contributed by atoms with Gasteiger partial charge >= 0.3 is 0 Å². The summed E-state index contributed by atoms with van der Waals surface area (Å²) in [7, 11) is -2.19. The van der Waals surface area contributed by atoms with Gasteiger partial charge < -0.3 is 14.6 Å². The summed E-state index contributed by atoms with van der Waals surface area (Å²) in [6, 6.07) is 13.7. The van der Waals surface area contributed by atoms with E-state index >= 15 is 0 Å². The third kappa shape index (κ3) is 5.54. The predicted molar refractivity (Wildman–Crippen MR) is 100 cm³/mol. The predicted octanol–water partition coefficient (Wildman–Crippen LogP) is 3.23. The summed E-state index contributed by atoms with van der Waals surface area (Å²) in [5.41, 5.74) is 2.14. The van der Waals surface area contributed by atoms with Crippen LogP contribution in [-0.4, -0.2) is 34.0 Å². The largest absolute Gasteiger partial charge is 0.396 e. The molecule has 2 aromatic rings. The van der Waals surface area contributed by atoms with Crippen LogP contribution in [0.2, 0.25) is 0 Å². The van der Waals surface area contributed by atoms with Crippen LogP contribution >= 0.6 is 0 Å². The van der Waals surface area contributed by atoms with Gasteiger partial charge in [-0.25, -0.2) is 8.42 Å². The molecule has 6 nitrogen and oxygen atoms in total. The van der Waals surface area contributed by atoms with E-state index in [4.69, 9.17) is 14.6 Å². The van der Waals surface area contributed by atoms with Crippen molar-refractivity contribution in [2.45, 2.75) is 30.8 Å². The van der Waals surface area contributed by atoms with Crippen LogP contribution in [0.5, 0.6) is 0 Å². The molecule has 0 heterocycles. The van der Waals surface area contributed by atoms with Crippen molar-refractivity contribution < 1.29 is 23.0 Å². The number of para-hydroxylation sites is 1. The zero-order chi connectivity index (χ0) is 19.0. The van der Waals surface area contributed by atoms with Crippen LogP contribution in [0.3, 0.4) is 0 Å². The van der Waals surface area contributed by atoms with Crippen molar-refractivity contribution in [3.63, 3.8) is 0 Å². The fourth-order valence-corrected chi connectivity index (χ4v) is 3.63. The van der Waals surface area contributed by atoms with Crippen LogP contribution in [0.4, 0.5) is 5.69 Å². The number of aliphatic hydroxyl groups excluding tert-OH is 1. The maximum atomic E-state index is 12.7. The molecule has 0 aromatic heterocycles. The smallest absolute Gasteiger partial charge is 0.261 e. The minimum atomic E-state index is -3.71. The van der Waals surface area contributed by atoms with Gasteiger partial charge in [-0.3, -0.25) is 4.72 Å². The molecule has 0 bridgehead atoms. The number of rotatable bonds is 10. The molecule has 0 radical (unpaired) electrons. The lowest BCUT2D eigenvalue weighted by atomic mass is 10.0. The highest BCUT2D eigenvalue weighted by molar-refractivity contribution is 7.92. The van der Waals surface area contributed by atoms with Crippen LogP contribution in [0.25, 0.3) is 0 Å². The second kappa shape index (κ2) is 9.68. The van der Waals surface area contributed by atoms with Crippen molar-refractivity contribution in [3.05, 3.63) is 59.7 Å². The number of hydrogen-bond donors (Lipinski definition) is 2. The number of nitrogens with one attached hydrogen (secondary N) is 1. The third-order valence-corrected chi connectivity index (χ3v) is 5.28. The van der Waals surface area contributed by atoms with Crippen LogP contribution in [0.1, 0.15) is 30.1 Å². The van der Waals surface area contributed by atoms with Gasteiger partial charge in [-0.15, -0.1) is 0 Å². The van der Waals surface area contributed by atoms with Crippen LogP contribution < -0.4 is 4.72 Å². The molecule has 0 saturated carbocycles. The standard InChI is InChI=1S/C19H25NO5S/c1-15-9-11-16(12-10-15)26(22,23)20-18-7-4-3-6-17(18)19(8-5-13-21)25-14-24-2/h3-4,6-7,9-12,19-21H,5,8,13-14H2,1-2H3. The first-order chi connectivity index (χ1) is 12.5. The molecule has 2 aromatic carbocycles. The second-order valence-corrected chi connectivity index (χ2v) is 7.62. The zero-order valence-corrected chi connectivity index (χ0v) is 15.8. The van der Waals surface area contributed by atoms with Gasteiger partial charge in [-0.2, -0.15) is 0 Å². The Morgan fingerprint density at radius 3 is 2.46 bits per heavy atom. The highest BCUT2D eigenvalue weighted by atomic mass is 32.2. The number of anilines is 1. The zero-order valence-electron chi connectivity index (χ0n) is 15.0. The summed E-state index contributed by atoms with van der Waals surface area (Å²) in [5, 5.41) is 9.12. The fraction of sp³-hybridized carbons (Fsp3) is 0.368. The van der Waals surface area contributed by atoms with E-state index in [0.29, 0.717) is 24.1 Å². The van der Waals surface area contributed by atoms with Crippen molar-refractivity contribution in [2.75, 3.05) is 25.2 Å². The van der Waals surface area contributed by atoms with Gasteiger partial charge in [0, 0.05) is 19.3 Å². The summed E-state index contributed by atoms with van der Waals surface area (Å²) in [4.78, 5) is 0.197. The van der Waals surface area contributed by atoms with Gasteiger partial charge in [0.05, 0.1) is 16.7 Å². The fourth-order valence-electron chi connectivity index (χ4n) is 2.55. The average molecular weight is 379 g/mol. The van der Waals surface area contributed by atoms with E-state index in [-0.39, 0.29) is 24.4 Å². The third-order valence-electron chi connectivity index (χ3n) is 3.89. The van der Waals surface area contributed by atoms with Crippen molar-refractivity contribution in [3.8, 4) is 0 Å². The molecule has 0 aliphatic heterocycles. The number of aryl methyl sites for hydroxylation is 1. The lowest BCUT2D eigenvalue weighted by molar-refractivity contribution is -0.0769. The number of hydrogen-bond acceptors (Lipinski definition) is 5. The molecule has 0 aliphatic carbocycles. The monoisotopic (exact) mass is 379 g/mol. The summed E-state index contributed by atoms with van der Waals surface area (Å²) in [6.45, 7) is 2.01. The molecule has 2 N–H and O–H groups in total. The molecule has 7 heteroatoms.